The molecule has 0 N–H and O–H groups in total. The van der Waals surface area contributed by atoms with Gasteiger partial charge in [0.05, 0.1) is 5.71 Å². The molecule has 1 aliphatic heterocycles. The van der Waals surface area contributed by atoms with Crippen LogP contribution in [-0.2, 0) is 5.66 Å². The number of hydrogen-bond acceptors (Lipinski definition) is 2. The molecule has 1 aromatic rings. The molecule has 0 saturated heterocycles. The molecule has 1 aliphatic rings. The highest BCUT2D eigenvalue weighted by Crippen LogP contribution is 2.33. The molecular formula is C12H14N2. The average molecular weight is 186 g/mol. The Kier molecular flexibility index (Phi) is 2.20. The summed E-state index contributed by atoms with van der Waals surface area (Å²) in [5.74, 6) is 0. The molecule has 1 aromatic carbocycles. The van der Waals surface area contributed by atoms with E-state index in [9.17, 15) is 0 Å². The number of hydrogen-bond donors (Lipinski definition) is 0. The molecule has 1 heterocycles. The van der Waals surface area contributed by atoms with Crippen molar-refractivity contribution in [2.24, 2.45) is 9.98 Å². The van der Waals surface area contributed by atoms with Crippen LogP contribution in [0.4, 0.5) is 0 Å². The Morgan fingerprint density at radius 2 is 1.93 bits per heavy atom. The molecule has 0 aromatic heterocycles. The van der Waals surface area contributed by atoms with Crippen molar-refractivity contribution in [3.05, 3.63) is 35.9 Å². The minimum atomic E-state index is -0.342. The zero-order chi connectivity index (χ0) is 10.0. The third kappa shape index (κ3) is 1.37. The van der Waals surface area contributed by atoms with Crippen molar-refractivity contribution >= 4 is 11.9 Å². The number of benzene rings is 1. The molecule has 0 spiro atoms. The lowest BCUT2D eigenvalue weighted by atomic mass is 9.98. The number of nitrogens with zero attached hydrogens (tertiary/aromatic N) is 2. The zero-order valence-corrected chi connectivity index (χ0v) is 8.57. The standard InChI is InChI=1S/C12H14N2/c1-3-12(13-9-10(2)14-12)11-7-5-4-6-8-11/h4-9H,3H2,1-2H3. The van der Waals surface area contributed by atoms with Crippen molar-refractivity contribution in [1.82, 2.24) is 0 Å². The largest absolute Gasteiger partial charge is 0.257 e. The van der Waals surface area contributed by atoms with Crippen LogP contribution >= 0.6 is 0 Å². The van der Waals surface area contributed by atoms with Gasteiger partial charge < -0.3 is 0 Å². The van der Waals surface area contributed by atoms with Crippen LogP contribution < -0.4 is 0 Å². The van der Waals surface area contributed by atoms with Crippen LogP contribution in [0.2, 0.25) is 0 Å². The Bertz CT molecular complexity index is 379. The van der Waals surface area contributed by atoms with E-state index in [1.54, 1.807) is 0 Å². The Morgan fingerprint density at radius 3 is 2.43 bits per heavy atom. The van der Waals surface area contributed by atoms with E-state index < -0.39 is 0 Å². The van der Waals surface area contributed by atoms with Crippen molar-refractivity contribution in [3.63, 3.8) is 0 Å². The summed E-state index contributed by atoms with van der Waals surface area (Å²) in [6.07, 6.45) is 2.77. The van der Waals surface area contributed by atoms with Crippen LogP contribution in [0.5, 0.6) is 0 Å². The van der Waals surface area contributed by atoms with Crippen molar-refractivity contribution in [2.75, 3.05) is 0 Å². The third-order valence-corrected chi connectivity index (χ3v) is 2.56. The summed E-state index contributed by atoms with van der Waals surface area (Å²) < 4.78 is 0. The summed E-state index contributed by atoms with van der Waals surface area (Å²) in [4.78, 5) is 9.11. The summed E-state index contributed by atoms with van der Waals surface area (Å²) >= 11 is 0. The van der Waals surface area contributed by atoms with Crippen molar-refractivity contribution in [1.29, 1.82) is 0 Å². The third-order valence-electron chi connectivity index (χ3n) is 2.56. The quantitative estimate of drug-likeness (QED) is 0.678. The van der Waals surface area contributed by atoms with Crippen LogP contribution in [0.1, 0.15) is 25.8 Å². The van der Waals surface area contributed by atoms with E-state index in [1.165, 1.54) is 5.56 Å². The van der Waals surface area contributed by atoms with Gasteiger partial charge in [-0.15, -0.1) is 0 Å². The Hall–Kier alpha value is -1.44. The SMILES string of the molecule is CCC1(c2ccccc2)N=CC(C)=N1. The highest BCUT2D eigenvalue weighted by molar-refractivity contribution is 6.30. The molecule has 14 heavy (non-hydrogen) atoms. The molecule has 0 amide bonds. The summed E-state index contributed by atoms with van der Waals surface area (Å²) in [7, 11) is 0. The Labute approximate surface area is 84.4 Å². The summed E-state index contributed by atoms with van der Waals surface area (Å²) in [5, 5.41) is 0. The van der Waals surface area contributed by atoms with Gasteiger partial charge in [0.1, 0.15) is 0 Å². The van der Waals surface area contributed by atoms with Gasteiger partial charge in [-0.05, 0) is 13.3 Å². The van der Waals surface area contributed by atoms with E-state index in [4.69, 9.17) is 0 Å². The van der Waals surface area contributed by atoms with Crippen molar-refractivity contribution < 1.29 is 0 Å². The first-order chi connectivity index (χ1) is 6.77. The van der Waals surface area contributed by atoms with Gasteiger partial charge in [0.25, 0.3) is 0 Å². The summed E-state index contributed by atoms with van der Waals surface area (Å²) in [6.45, 7) is 4.11. The second-order valence-corrected chi connectivity index (χ2v) is 3.55. The molecule has 1 unspecified atom stereocenters. The molecule has 0 fully saturated rings. The van der Waals surface area contributed by atoms with Gasteiger partial charge in [-0.25, -0.2) is 0 Å². The first kappa shape index (κ1) is 9.13. The van der Waals surface area contributed by atoms with E-state index in [0.29, 0.717) is 0 Å². The molecule has 1 atom stereocenters. The van der Waals surface area contributed by atoms with Crippen LogP contribution in [0.3, 0.4) is 0 Å². The van der Waals surface area contributed by atoms with E-state index in [1.807, 2.05) is 31.3 Å². The minimum absolute atomic E-state index is 0.342. The molecule has 2 heteroatoms. The molecular weight excluding hydrogens is 172 g/mol. The van der Waals surface area contributed by atoms with Gasteiger partial charge in [0.15, 0.2) is 5.66 Å². The first-order valence-corrected chi connectivity index (χ1v) is 4.94. The topological polar surface area (TPSA) is 24.7 Å². The molecule has 0 bridgehead atoms. The maximum absolute atomic E-state index is 4.60. The highest BCUT2D eigenvalue weighted by atomic mass is 15.1. The molecule has 0 radical (unpaired) electrons. The maximum atomic E-state index is 4.60. The van der Waals surface area contributed by atoms with Crippen LogP contribution in [-0.4, -0.2) is 11.9 Å². The Morgan fingerprint density at radius 1 is 1.21 bits per heavy atom. The van der Waals surface area contributed by atoms with Gasteiger partial charge in [-0.1, -0.05) is 37.3 Å². The van der Waals surface area contributed by atoms with E-state index in [2.05, 4.69) is 29.0 Å². The smallest absolute Gasteiger partial charge is 0.175 e. The Balaban J connectivity index is 2.46. The monoisotopic (exact) mass is 186 g/mol. The second-order valence-electron chi connectivity index (χ2n) is 3.55. The summed E-state index contributed by atoms with van der Waals surface area (Å²) in [6, 6.07) is 10.3. The lowest BCUT2D eigenvalue weighted by Crippen LogP contribution is -2.17. The molecule has 2 rings (SSSR count). The molecule has 0 saturated carbocycles. The van der Waals surface area contributed by atoms with Crippen LogP contribution in [0.25, 0.3) is 0 Å². The van der Waals surface area contributed by atoms with Crippen LogP contribution in [0, 0.1) is 0 Å². The lowest BCUT2D eigenvalue weighted by Gasteiger charge is -2.21. The first-order valence-electron chi connectivity index (χ1n) is 4.94. The molecule has 0 aliphatic carbocycles. The lowest BCUT2D eigenvalue weighted by molar-refractivity contribution is 0.466. The van der Waals surface area contributed by atoms with Gasteiger partial charge in [-0.2, -0.15) is 0 Å². The van der Waals surface area contributed by atoms with Gasteiger partial charge in [-0.3, -0.25) is 9.98 Å². The van der Waals surface area contributed by atoms with Crippen LogP contribution in [0.15, 0.2) is 40.3 Å². The van der Waals surface area contributed by atoms with E-state index in [-0.39, 0.29) is 5.66 Å². The summed E-state index contributed by atoms with van der Waals surface area (Å²) in [5.41, 5.74) is 1.84. The van der Waals surface area contributed by atoms with Gasteiger partial charge in [0, 0.05) is 11.8 Å². The number of aliphatic imine (C=N–C) groups is 2. The zero-order valence-electron chi connectivity index (χ0n) is 8.57. The molecule has 72 valence electrons. The van der Waals surface area contributed by atoms with E-state index in [0.717, 1.165) is 12.1 Å². The minimum Gasteiger partial charge on any atom is -0.257 e. The van der Waals surface area contributed by atoms with E-state index >= 15 is 0 Å². The number of rotatable bonds is 2. The predicted molar refractivity (Wildman–Crippen MR) is 60.0 cm³/mol. The maximum Gasteiger partial charge on any atom is 0.175 e. The highest BCUT2D eigenvalue weighted by Gasteiger charge is 2.30. The normalized spacial score (nSPS) is 25.1. The second kappa shape index (κ2) is 3.37. The fourth-order valence-corrected chi connectivity index (χ4v) is 1.77. The molecule has 2 nitrogen and oxygen atoms in total. The van der Waals surface area contributed by atoms with Gasteiger partial charge in [0.2, 0.25) is 0 Å². The fourth-order valence-electron chi connectivity index (χ4n) is 1.77. The predicted octanol–water partition coefficient (Wildman–Crippen LogP) is 2.79. The van der Waals surface area contributed by atoms with Gasteiger partial charge >= 0.3 is 0 Å². The van der Waals surface area contributed by atoms with Crippen molar-refractivity contribution in [2.45, 2.75) is 25.9 Å². The average Bonchev–Trinajstić information content (AvgIpc) is 2.63. The van der Waals surface area contributed by atoms with Crippen molar-refractivity contribution in [3.8, 4) is 0 Å². The fraction of sp³-hybridized carbons (Fsp3) is 0.333.